The number of benzene rings is 7. The predicted molar refractivity (Wildman–Crippen MR) is 384 cm³/mol. The number of carbonyl (C=O) groups is 7. The zero-order valence-corrected chi connectivity index (χ0v) is 59.7. The van der Waals surface area contributed by atoms with Gasteiger partial charge in [-0.15, -0.1) is 0 Å². The van der Waals surface area contributed by atoms with E-state index in [9.17, 15) is 55.5 Å². The van der Waals surface area contributed by atoms with E-state index >= 15 is 24.0 Å². The first-order valence-electron chi connectivity index (χ1n) is 35.3. The number of nitrogens with one attached hydrogen (secondary N) is 5. The monoisotopic (exact) mass is 1510 g/mol. The smallest absolute Gasteiger partial charge is 0.245 e. The average Bonchev–Trinajstić information content (AvgIpc) is 1.55. The Hall–Kier alpha value is -9.91. The lowest BCUT2D eigenvalue weighted by Crippen LogP contribution is -2.65. The first kappa shape index (κ1) is 75.3. The van der Waals surface area contributed by atoms with Gasteiger partial charge in [0.1, 0.15) is 77.3 Å². The summed E-state index contributed by atoms with van der Waals surface area (Å²) in [5.41, 5.74) is 0.258. The van der Waals surface area contributed by atoms with E-state index in [-0.39, 0.29) is 102 Å². The second-order valence-electron chi connectivity index (χ2n) is 28.1. The van der Waals surface area contributed by atoms with Crippen molar-refractivity contribution in [2.75, 3.05) is 20.7 Å². The van der Waals surface area contributed by atoms with E-state index in [1.807, 2.05) is 0 Å². The Morgan fingerprint density at radius 2 is 1.27 bits per heavy atom. The lowest BCUT2D eigenvalue weighted by molar-refractivity contribution is -0.284. The summed E-state index contributed by atoms with van der Waals surface area (Å²) in [4.78, 5) is 110. The van der Waals surface area contributed by atoms with E-state index in [2.05, 4.69) is 33.5 Å². The molecule has 0 radical (unpaired) electrons. The molecule has 8 aliphatic rings. The van der Waals surface area contributed by atoms with Gasteiger partial charge in [0.15, 0.2) is 40.9 Å². The molecule has 7 heterocycles. The van der Waals surface area contributed by atoms with E-state index in [0.29, 0.717) is 24.0 Å². The molecular formula is C78H80Cl2N6O21. The molecule has 0 saturated carbocycles. The summed E-state index contributed by atoms with van der Waals surface area (Å²) in [5.74, 6) is -16.4. The molecule has 7 aliphatic heterocycles. The number of rotatable bonds is 13. The number of fused-ring (bicyclic) bond motifs is 11. The Morgan fingerprint density at radius 3 is 1.98 bits per heavy atom. The summed E-state index contributed by atoms with van der Waals surface area (Å²) in [6.45, 7) is 0.706. The van der Waals surface area contributed by atoms with Gasteiger partial charge >= 0.3 is 0 Å². The van der Waals surface area contributed by atoms with Gasteiger partial charge in [-0.2, -0.15) is 0 Å². The minimum absolute atomic E-state index is 0.0216. The second kappa shape index (κ2) is 31.1. The zero-order valence-electron chi connectivity index (χ0n) is 58.2. The molecule has 17 bridgehead atoms. The number of halogens is 2. The molecule has 1 aliphatic carbocycles. The third-order valence-electron chi connectivity index (χ3n) is 20.4. The highest BCUT2D eigenvalue weighted by Gasteiger charge is 2.50. The predicted octanol–water partition coefficient (Wildman–Crippen LogP) is 7.91. The molecule has 15 rings (SSSR count). The fourth-order valence-corrected chi connectivity index (χ4v) is 15.4. The van der Waals surface area contributed by atoms with Crippen molar-refractivity contribution in [2.45, 2.75) is 163 Å². The third-order valence-corrected chi connectivity index (χ3v) is 21.0. The number of nitrogens with zero attached hydrogens (tertiary/aromatic N) is 1. The number of Topliss-reactive ketones (excluding diaryl/α,β-unsaturated/α-hetero) is 2. The van der Waals surface area contributed by atoms with Crippen molar-refractivity contribution >= 4 is 64.3 Å². The van der Waals surface area contributed by atoms with Crippen molar-refractivity contribution in [1.29, 1.82) is 0 Å². The first-order chi connectivity index (χ1) is 51.2. The van der Waals surface area contributed by atoms with Gasteiger partial charge in [0.05, 0.1) is 34.5 Å². The van der Waals surface area contributed by atoms with Crippen LogP contribution in [-0.2, 0) is 61.8 Å². The topological polar surface area (TPSA) is 411 Å². The van der Waals surface area contributed by atoms with Crippen LogP contribution < -0.4 is 40.8 Å². The number of ether oxygens (including phenoxy) is 5. The van der Waals surface area contributed by atoms with Crippen molar-refractivity contribution in [3.63, 3.8) is 0 Å². The highest BCUT2D eigenvalue weighted by Crippen LogP contribution is 2.52. The summed E-state index contributed by atoms with van der Waals surface area (Å²) in [7, 11) is 3.23. The summed E-state index contributed by atoms with van der Waals surface area (Å²) in [6.07, 6.45) is -5.03. The molecule has 29 heteroatoms. The van der Waals surface area contributed by atoms with Crippen LogP contribution >= 0.6 is 23.2 Å². The maximum Gasteiger partial charge on any atom is 0.245 e. The SMILES string of the molecule is CCCCCCCCCC(=O)NC1C(OC2c3ccc(c(Cl)c3)Oc3cc4cc(c3O)Oc3ccc(cc3Cl)CC3NC(=O)C(N(C)C)c5ccc(O)c(c5)Oc5cc(O)cc(c5)C(CC3=O)C(=O)NC4C(=O)CC3C(=O)NC2C(=O)NCc2cc(O)cc4c2-c2cc3ccc2C4(O)O)OC(CO)C(O)C1O. The molecule has 5 amide bonds. The summed E-state index contributed by atoms with van der Waals surface area (Å²) < 4.78 is 32.1. The van der Waals surface area contributed by atoms with Crippen LogP contribution in [0.25, 0.3) is 11.1 Å². The molecule has 0 spiro atoms. The molecule has 12 atom stereocenters. The van der Waals surface area contributed by atoms with Crippen LogP contribution in [0.2, 0.25) is 10.0 Å². The number of phenolic OH excluding ortho intramolecular Hbond substituents is 4. The minimum Gasteiger partial charge on any atom is -0.508 e. The number of aliphatic hydroxyl groups excluding tert-OH is 3. The highest BCUT2D eigenvalue weighted by molar-refractivity contribution is 6.32. The Bertz CT molecular complexity index is 4690. The Kier molecular flexibility index (Phi) is 21.9. The highest BCUT2D eigenvalue weighted by atomic mass is 35.5. The number of carbonyl (C=O) groups excluding carboxylic acids is 7. The molecule has 7 aromatic carbocycles. The lowest BCUT2D eigenvalue weighted by Gasteiger charge is -2.44. The summed E-state index contributed by atoms with van der Waals surface area (Å²) in [5, 5.41) is 118. The van der Waals surface area contributed by atoms with Gasteiger partial charge in [-0.3, -0.25) is 38.5 Å². The minimum atomic E-state index is -2.81. The Morgan fingerprint density at radius 1 is 0.617 bits per heavy atom. The number of aromatic hydroxyl groups is 4. The average molecular weight is 1510 g/mol. The Labute approximate surface area is 623 Å². The van der Waals surface area contributed by atoms with Gasteiger partial charge < -0.3 is 96.2 Å². The standard InChI is InChI=1S/C78H80Cl2N6O21/c1-4-5-6-7-8-9-10-11-63(93)83-66-71(96)70(95)62(35-87)106-77(66)107-72-39-15-19-58(52(80)26-39)105-61-29-41-28-60(69(61)94)104-57-18-12-36(20-51(57)79)21-53-55(91)32-47(40-22-43(88)30-45(24-40)103-59-27-38(14-17-54(59)90)68(86(2)3)76(100)82-53)74(98)84-65(41)56(92)33-46-37-13-16-49-48(25-37)64-42(23-44(89)31-50(64)78(49,101)102)34-81-75(99)67(72)85-73(46)97/h12-20,22-31,46-47,53,62,65-68,70-72,77,87-90,94-96,101-102H,4-11,21,32-35H2,1-3H3,(H,81,99)(H,82,100)(H,83,93)(H,84,98)(H,85,97). The van der Waals surface area contributed by atoms with E-state index in [0.717, 1.165) is 38.2 Å². The molecule has 1 fully saturated rings. The first-order valence-corrected chi connectivity index (χ1v) is 36.0. The van der Waals surface area contributed by atoms with Crippen LogP contribution in [0.15, 0.2) is 115 Å². The van der Waals surface area contributed by atoms with Crippen LogP contribution in [0.5, 0.6) is 57.5 Å². The molecule has 562 valence electrons. The van der Waals surface area contributed by atoms with Crippen molar-refractivity contribution in [2.24, 2.45) is 0 Å². The molecule has 1 saturated heterocycles. The number of unbranched alkanes of at least 4 members (excludes halogenated alkanes) is 6. The third kappa shape index (κ3) is 15.5. The summed E-state index contributed by atoms with van der Waals surface area (Å²) in [6, 6.07) is 16.7. The van der Waals surface area contributed by atoms with Crippen LogP contribution in [0.3, 0.4) is 0 Å². The largest absolute Gasteiger partial charge is 0.508 e. The molecule has 0 aromatic heterocycles. The van der Waals surface area contributed by atoms with E-state index in [1.165, 1.54) is 103 Å². The number of hydrogen-bond acceptors (Lipinski definition) is 22. The van der Waals surface area contributed by atoms with Crippen molar-refractivity contribution in [3.05, 3.63) is 175 Å². The van der Waals surface area contributed by atoms with Crippen LogP contribution in [-0.4, -0.2) is 155 Å². The van der Waals surface area contributed by atoms with Crippen molar-refractivity contribution in [3.8, 4) is 68.6 Å². The van der Waals surface area contributed by atoms with Crippen LogP contribution in [0, 0.1) is 0 Å². The second-order valence-corrected chi connectivity index (χ2v) is 28.9. The van der Waals surface area contributed by atoms with Gasteiger partial charge in [0.2, 0.25) is 41.1 Å². The maximum absolute atomic E-state index is 16.4. The molecule has 27 nitrogen and oxygen atoms in total. The summed E-state index contributed by atoms with van der Waals surface area (Å²) >= 11 is 14.3. The van der Waals surface area contributed by atoms with E-state index in [1.54, 1.807) is 25.1 Å². The van der Waals surface area contributed by atoms with Crippen molar-refractivity contribution in [1.82, 2.24) is 31.5 Å². The Balaban J connectivity index is 0.989. The van der Waals surface area contributed by atoms with Gasteiger partial charge in [0.25, 0.3) is 0 Å². The normalized spacial score (nSPS) is 24.6. The number of phenols is 4. The number of ketones is 2. The van der Waals surface area contributed by atoms with E-state index < -0.39 is 174 Å². The van der Waals surface area contributed by atoms with Gasteiger partial charge in [-0.25, -0.2) is 0 Å². The molecular weight excluding hydrogens is 1430 g/mol. The molecule has 14 N–H and O–H groups in total. The number of likely N-dealkylation sites (N-methyl/N-ethyl adjacent to an activating group) is 1. The van der Waals surface area contributed by atoms with Crippen LogP contribution in [0.4, 0.5) is 0 Å². The van der Waals surface area contributed by atoms with Gasteiger partial charge in [0, 0.05) is 43.0 Å². The number of aliphatic hydroxyl groups is 5. The molecule has 12 unspecified atom stereocenters. The fourth-order valence-electron chi connectivity index (χ4n) is 14.9. The number of amides is 5. The van der Waals surface area contributed by atoms with Gasteiger partial charge in [-0.05, 0) is 156 Å². The lowest BCUT2D eigenvalue weighted by atomic mass is 9.85. The maximum atomic E-state index is 16.4. The van der Waals surface area contributed by atoms with E-state index in [4.69, 9.17) is 46.9 Å². The van der Waals surface area contributed by atoms with Crippen molar-refractivity contribution < 1.29 is 103 Å². The quantitative estimate of drug-likeness (QED) is 0.0385. The number of hydrogen-bond donors (Lipinski definition) is 14. The fraction of sp³-hybridized carbons (Fsp3) is 0.372. The molecule has 7 aromatic rings. The van der Waals surface area contributed by atoms with Crippen LogP contribution in [0.1, 0.15) is 151 Å². The molecule has 107 heavy (non-hydrogen) atoms. The zero-order chi connectivity index (χ0) is 76.0. The van der Waals surface area contributed by atoms with Gasteiger partial charge in [-0.1, -0.05) is 99.0 Å².